The molecule has 0 saturated heterocycles. The zero-order valence-electron chi connectivity index (χ0n) is 16.2. The molecule has 1 aliphatic carbocycles. The van der Waals surface area contributed by atoms with Crippen LogP contribution in [0.15, 0.2) is 42.5 Å². The molecule has 0 unspecified atom stereocenters. The molecule has 2 aromatic rings. The number of aryl methyl sites for hydroxylation is 1. The topological polar surface area (TPSA) is 104 Å². The number of aliphatic hydroxyl groups is 3. The molecule has 2 aromatic carbocycles. The molecule has 1 aliphatic rings. The molecule has 6 nitrogen and oxygen atoms in total. The molecule has 0 aliphatic heterocycles. The molecule has 1 fully saturated rings. The van der Waals surface area contributed by atoms with Crippen LogP contribution in [0.2, 0.25) is 5.02 Å². The summed E-state index contributed by atoms with van der Waals surface area (Å²) in [7, 11) is 0. The standard InChI is InChI=1S/C22H26ClNO5/c1-2-13-3-5-14(6-4-13)9-16-10-15(7-8-19(16)23)17-11-20(26)21(24(28)29)18(12-25)22(17)27/h3-8,10,17-18,20-22,25-27H,2,9,11-12H2,1H3/t17-,18-,20-,21-,22-/m1/s1. The van der Waals surface area contributed by atoms with E-state index in [9.17, 15) is 25.4 Å². The fourth-order valence-electron chi connectivity index (χ4n) is 4.24. The van der Waals surface area contributed by atoms with Gasteiger partial charge in [0.1, 0.15) is 6.10 Å². The summed E-state index contributed by atoms with van der Waals surface area (Å²) in [5.41, 5.74) is 3.99. The van der Waals surface area contributed by atoms with E-state index < -0.39 is 41.6 Å². The maximum Gasteiger partial charge on any atom is 0.246 e. The second-order valence-corrected chi connectivity index (χ2v) is 8.13. The fraction of sp³-hybridized carbons (Fsp3) is 0.455. The summed E-state index contributed by atoms with van der Waals surface area (Å²) in [6.45, 7) is 1.53. The van der Waals surface area contributed by atoms with Gasteiger partial charge < -0.3 is 15.3 Å². The highest BCUT2D eigenvalue weighted by atomic mass is 35.5. The highest BCUT2D eigenvalue weighted by molar-refractivity contribution is 6.31. The van der Waals surface area contributed by atoms with Gasteiger partial charge in [-0.25, -0.2) is 0 Å². The molecule has 3 N–H and O–H groups in total. The second-order valence-electron chi connectivity index (χ2n) is 7.72. The minimum atomic E-state index is -1.38. The minimum absolute atomic E-state index is 0.0512. The number of aliphatic hydroxyl groups excluding tert-OH is 3. The highest BCUT2D eigenvalue weighted by Crippen LogP contribution is 2.39. The van der Waals surface area contributed by atoms with Crippen molar-refractivity contribution >= 4 is 11.6 Å². The van der Waals surface area contributed by atoms with Crippen molar-refractivity contribution in [1.29, 1.82) is 0 Å². The average Bonchev–Trinajstić information content (AvgIpc) is 2.71. The predicted octanol–water partition coefficient (Wildman–Crippen LogP) is 2.96. The van der Waals surface area contributed by atoms with E-state index >= 15 is 0 Å². The first-order chi connectivity index (χ1) is 13.8. The molecule has 0 spiro atoms. The summed E-state index contributed by atoms with van der Waals surface area (Å²) >= 11 is 6.39. The van der Waals surface area contributed by atoms with Gasteiger partial charge in [0.25, 0.3) is 0 Å². The summed E-state index contributed by atoms with van der Waals surface area (Å²) in [6.07, 6.45) is -0.735. The van der Waals surface area contributed by atoms with E-state index in [4.69, 9.17) is 11.6 Å². The molecule has 0 bridgehead atoms. The number of benzene rings is 2. The van der Waals surface area contributed by atoms with E-state index in [-0.39, 0.29) is 6.42 Å². The molecular weight excluding hydrogens is 394 g/mol. The number of hydrogen-bond donors (Lipinski definition) is 3. The zero-order chi connectivity index (χ0) is 21.1. The van der Waals surface area contributed by atoms with Crippen LogP contribution >= 0.6 is 11.6 Å². The van der Waals surface area contributed by atoms with Gasteiger partial charge in [-0.1, -0.05) is 54.9 Å². The lowest BCUT2D eigenvalue weighted by Crippen LogP contribution is -2.53. The Labute approximate surface area is 174 Å². The summed E-state index contributed by atoms with van der Waals surface area (Å²) < 4.78 is 0. The summed E-state index contributed by atoms with van der Waals surface area (Å²) in [5.74, 6) is -1.55. The SMILES string of the molecule is CCc1ccc(Cc2cc([C@H]3C[C@@H](O)[C@H]([N+](=O)[O-])[C@@H](CO)[C@@H]3O)ccc2Cl)cc1. The smallest absolute Gasteiger partial charge is 0.246 e. The predicted molar refractivity (Wildman–Crippen MR) is 111 cm³/mol. The van der Waals surface area contributed by atoms with Crippen molar-refractivity contribution in [1.82, 2.24) is 0 Å². The van der Waals surface area contributed by atoms with Gasteiger partial charge in [0.15, 0.2) is 0 Å². The Kier molecular flexibility index (Phi) is 6.90. The lowest BCUT2D eigenvalue weighted by atomic mass is 9.71. The molecule has 29 heavy (non-hydrogen) atoms. The van der Waals surface area contributed by atoms with Gasteiger partial charge in [-0.3, -0.25) is 10.1 Å². The number of nitro groups is 1. The number of rotatable bonds is 6. The molecule has 156 valence electrons. The first-order valence-corrected chi connectivity index (χ1v) is 10.2. The van der Waals surface area contributed by atoms with Gasteiger partial charge in [0.2, 0.25) is 6.04 Å². The normalized spacial score (nSPS) is 27.0. The lowest BCUT2D eigenvalue weighted by Gasteiger charge is -2.38. The van der Waals surface area contributed by atoms with Crippen LogP contribution < -0.4 is 0 Å². The van der Waals surface area contributed by atoms with Crippen LogP contribution in [-0.2, 0) is 12.8 Å². The average molecular weight is 420 g/mol. The van der Waals surface area contributed by atoms with Crippen LogP contribution in [0.5, 0.6) is 0 Å². The first-order valence-electron chi connectivity index (χ1n) is 9.82. The van der Waals surface area contributed by atoms with Crippen molar-refractivity contribution in [2.75, 3.05) is 6.61 Å². The second kappa shape index (κ2) is 9.22. The Morgan fingerprint density at radius 1 is 1.14 bits per heavy atom. The number of nitrogens with zero attached hydrogens (tertiary/aromatic N) is 1. The quantitative estimate of drug-likeness (QED) is 0.493. The monoisotopic (exact) mass is 419 g/mol. The Morgan fingerprint density at radius 2 is 1.79 bits per heavy atom. The van der Waals surface area contributed by atoms with Crippen molar-refractivity contribution in [3.8, 4) is 0 Å². The summed E-state index contributed by atoms with van der Waals surface area (Å²) in [5, 5.41) is 42.5. The molecule has 0 heterocycles. The Hall–Kier alpha value is -1.99. The van der Waals surface area contributed by atoms with E-state index in [0.717, 1.165) is 23.1 Å². The van der Waals surface area contributed by atoms with Gasteiger partial charge in [-0.2, -0.15) is 0 Å². The van der Waals surface area contributed by atoms with Gasteiger partial charge in [-0.15, -0.1) is 0 Å². The largest absolute Gasteiger partial charge is 0.396 e. The van der Waals surface area contributed by atoms with E-state index in [0.29, 0.717) is 11.4 Å². The van der Waals surface area contributed by atoms with Crippen LogP contribution in [0.4, 0.5) is 0 Å². The molecular formula is C22H26ClNO5. The van der Waals surface area contributed by atoms with Crippen LogP contribution in [0.1, 0.15) is 41.5 Å². The molecule has 5 atom stereocenters. The van der Waals surface area contributed by atoms with Crippen LogP contribution in [0, 0.1) is 16.0 Å². The number of hydrogen-bond acceptors (Lipinski definition) is 5. The third kappa shape index (κ3) is 4.61. The third-order valence-electron chi connectivity index (χ3n) is 5.96. The van der Waals surface area contributed by atoms with Crippen molar-refractivity contribution in [2.24, 2.45) is 5.92 Å². The minimum Gasteiger partial charge on any atom is -0.396 e. The molecule has 0 aromatic heterocycles. The van der Waals surface area contributed by atoms with Crippen molar-refractivity contribution < 1.29 is 20.2 Å². The van der Waals surface area contributed by atoms with Gasteiger partial charge >= 0.3 is 0 Å². The van der Waals surface area contributed by atoms with Gasteiger partial charge in [-0.05, 0) is 47.6 Å². The van der Waals surface area contributed by atoms with Crippen molar-refractivity contribution in [3.63, 3.8) is 0 Å². The first kappa shape index (κ1) is 21.7. The fourth-order valence-corrected chi connectivity index (χ4v) is 4.43. The zero-order valence-corrected chi connectivity index (χ0v) is 17.0. The van der Waals surface area contributed by atoms with Crippen molar-refractivity contribution in [3.05, 3.63) is 79.9 Å². The highest BCUT2D eigenvalue weighted by Gasteiger charge is 2.50. The van der Waals surface area contributed by atoms with E-state index in [2.05, 4.69) is 31.2 Å². The Morgan fingerprint density at radius 3 is 2.38 bits per heavy atom. The van der Waals surface area contributed by atoms with Crippen molar-refractivity contribution in [2.45, 2.75) is 50.4 Å². The summed E-state index contributed by atoms with van der Waals surface area (Å²) in [4.78, 5) is 10.7. The van der Waals surface area contributed by atoms with E-state index in [1.54, 1.807) is 12.1 Å². The van der Waals surface area contributed by atoms with E-state index in [1.165, 1.54) is 5.56 Å². The Balaban J connectivity index is 1.87. The molecule has 1 saturated carbocycles. The maximum absolute atomic E-state index is 11.3. The van der Waals surface area contributed by atoms with Gasteiger partial charge in [0, 0.05) is 15.9 Å². The summed E-state index contributed by atoms with van der Waals surface area (Å²) in [6, 6.07) is 12.3. The van der Waals surface area contributed by atoms with Crippen LogP contribution in [0.3, 0.4) is 0 Å². The van der Waals surface area contributed by atoms with Crippen LogP contribution in [-0.4, -0.2) is 45.1 Å². The Bertz CT molecular complexity index is 857. The molecule has 7 heteroatoms. The maximum atomic E-state index is 11.3. The molecule has 3 rings (SSSR count). The molecule has 0 amide bonds. The lowest BCUT2D eigenvalue weighted by molar-refractivity contribution is -0.551. The van der Waals surface area contributed by atoms with E-state index in [1.807, 2.05) is 6.07 Å². The van der Waals surface area contributed by atoms with Crippen LogP contribution in [0.25, 0.3) is 0 Å². The molecule has 0 radical (unpaired) electrons. The number of halogens is 1. The third-order valence-corrected chi connectivity index (χ3v) is 6.33. The van der Waals surface area contributed by atoms with Gasteiger partial charge in [0.05, 0.1) is 18.6 Å².